The zero-order chi connectivity index (χ0) is 19.7. The Kier molecular flexibility index (Phi) is 4.35. The van der Waals surface area contributed by atoms with Gasteiger partial charge in [-0.25, -0.2) is 8.78 Å². The van der Waals surface area contributed by atoms with Crippen LogP contribution >= 0.6 is 0 Å². The van der Waals surface area contributed by atoms with Crippen LogP contribution in [0.1, 0.15) is 12.1 Å². The number of nitrogens with zero attached hydrogens (tertiary/aromatic N) is 2. The van der Waals surface area contributed by atoms with E-state index in [2.05, 4.69) is 10.3 Å². The van der Waals surface area contributed by atoms with Crippen molar-refractivity contribution < 1.29 is 18.4 Å². The van der Waals surface area contributed by atoms with Crippen LogP contribution < -0.4 is 10.2 Å². The molecule has 1 unspecified atom stereocenters. The van der Waals surface area contributed by atoms with Gasteiger partial charge in [0, 0.05) is 6.20 Å². The van der Waals surface area contributed by atoms with Gasteiger partial charge in [0.25, 0.3) is 5.91 Å². The number of rotatable bonds is 4. The Hall–Kier alpha value is -3.61. The summed E-state index contributed by atoms with van der Waals surface area (Å²) in [6, 6.07) is 16.3. The van der Waals surface area contributed by atoms with Crippen molar-refractivity contribution >= 4 is 23.2 Å². The van der Waals surface area contributed by atoms with E-state index in [1.807, 2.05) is 0 Å². The SMILES string of the molecule is O=C1CC(C(=O)Nc2ccccc2F)(c2ccccn2)N1c1ccccc1F. The van der Waals surface area contributed by atoms with Gasteiger partial charge in [-0.15, -0.1) is 0 Å². The quantitative estimate of drug-likeness (QED) is 0.704. The smallest absolute Gasteiger partial charge is 0.257 e. The van der Waals surface area contributed by atoms with E-state index in [1.54, 1.807) is 30.3 Å². The largest absolute Gasteiger partial charge is 0.321 e. The summed E-state index contributed by atoms with van der Waals surface area (Å²) in [4.78, 5) is 31.1. The molecule has 1 N–H and O–H groups in total. The van der Waals surface area contributed by atoms with Crippen molar-refractivity contribution in [2.24, 2.45) is 0 Å². The van der Waals surface area contributed by atoms with E-state index < -0.39 is 29.0 Å². The van der Waals surface area contributed by atoms with Gasteiger partial charge in [0.05, 0.1) is 23.5 Å². The van der Waals surface area contributed by atoms with Crippen molar-refractivity contribution in [3.05, 3.63) is 90.3 Å². The standard InChI is InChI=1S/C21H15F2N3O2/c22-14-7-1-3-9-16(14)25-20(28)21(18-11-5-6-12-24-18)13-19(27)26(21)17-10-4-2-8-15(17)23/h1-12H,13H2,(H,25,28). The van der Waals surface area contributed by atoms with Crippen LogP contribution in [0.15, 0.2) is 72.9 Å². The van der Waals surface area contributed by atoms with E-state index in [9.17, 15) is 18.4 Å². The second kappa shape index (κ2) is 6.84. The van der Waals surface area contributed by atoms with Crippen LogP contribution in [-0.4, -0.2) is 16.8 Å². The number of nitrogens with one attached hydrogen (secondary N) is 1. The van der Waals surface area contributed by atoms with E-state index >= 15 is 0 Å². The Balaban J connectivity index is 1.82. The molecule has 0 radical (unpaired) electrons. The Labute approximate surface area is 159 Å². The number of amides is 2. The molecule has 7 heteroatoms. The van der Waals surface area contributed by atoms with Gasteiger partial charge in [-0.1, -0.05) is 30.3 Å². The molecule has 1 aliphatic heterocycles. The molecule has 1 aromatic heterocycles. The molecule has 1 atom stereocenters. The first-order valence-corrected chi connectivity index (χ1v) is 8.59. The molecular weight excluding hydrogens is 364 g/mol. The third kappa shape index (κ3) is 2.72. The van der Waals surface area contributed by atoms with Crippen LogP contribution in [0.5, 0.6) is 0 Å². The van der Waals surface area contributed by atoms with Gasteiger partial charge in [0.1, 0.15) is 11.6 Å². The third-order valence-corrected chi connectivity index (χ3v) is 4.72. The molecule has 2 aromatic carbocycles. The average Bonchev–Trinajstić information content (AvgIpc) is 2.70. The number of benzene rings is 2. The van der Waals surface area contributed by atoms with Crippen molar-refractivity contribution in [3.8, 4) is 0 Å². The number of β-lactam (4-membered cyclic amide) rings is 1. The summed E-state index contributed by atoms with van der Waals surface area (Å²) in [5.74, 6) is -2.36. The van der Waals surface area contributed by atoms with Gasteiger partial charge < -0.3 is 5.32 Å². The summed E-state index contributed by atoms with van der Waals surface area (Å²) in [7, 11) is 0. The molecular formula is C21H15F2N3O2. The summed E-state index contributed by atoms with van der Waals surface area (Å²) in [5.41, 5.74) is -1.38. The fourth-order valence-electron chi connectivity index (χ4n) is 3.37. The third-order valence-electron chi connectivity index (χ3n) is 4.72. The first-order chi connectivity index (χ1) is 13.5. The van der Waals surface area contributed by atoms with E-state index in [-0.39, 0.29) is 23.5 Å². The van der Waals surface area contributed by atoms with E-state index in [4.69, 9.17) is 0 Å². The molecule has 4 rings (SSSR count). The normalized spacial score (nSPS) is 18.5. The zero-order valence-corrected chi connectivity index (χ0v) is 14.6. The Morgan fingerprint density at radius 3 is 2.29 bits per heavy atom. The van der Waals surface area contributed by atoms with Crippen molar-refractivity contribution in [2.75, 3.05) is 10.2 Å². The van der Waals surface area contributed by atoms with Gasteiger partial charge in [-0.2, -0.15) is 0 Å². The predicted molar refractivity (Wildman–Crippen MR) is 99.4 cm³/mol. The lowest BCUT2D eigenvalue weighted by Gasteiger charge is -2.49. The second-order valence-corrected chi connectivity index (χ2v) is 6.37. The predicted octanol–water partition coefficient (Wildman–Crippen LogP) is 3.63. The highest BCUT2D eigenvalue weighted by atomic mass is 19.1. The Morgan fingerprint density at radius 2 is 1.64 bits per heavy atom. The van der Waals surface area contributed by atoms with Gasteiger partial charge in [0.15, 0.2) is 5.54 Å². The molecule has 2 amide bonds. The summed E-state index contributed by atoms with van der Waals surface area (Å²) >= 11 is 0. The number of carbonyl (C=O) groups is 2. The Morgan fingerprint density at radius 1 is 0.964 bits per heavy atom. The maximum absolute atomic E-state index is 14.4. The minimum absolute atomic E-state index is 0.0318. The molecule has 1 aliphatic rings. The highest BCUT2D eigenvalue weighted by molar-refractivity contribution is 6.16. The van der Waals surface area contributed by atoms with Gasteiger partial charge in [0.2, 0.25) is 5.91 Å². The molecule has 0 aliphatic carbocycles. The molecule has 0 spiro atoms. The monoisotopic (exact) mass is 379 g/mol. The minimum atomic E-state index is -1.58. The van der Waals surface area contributed by atoms with E-state index in [0.29, 0.717) is 0 Å². The summed E-state index contributed by atoms with van der Waals surface area (Å²) in [6.07, 6.45) is 1.27. The minimum Gasteiger partial charge on any atom is -0.321 e. The average molecular weight is 379 g/mol. The van der Waals surface area contributed by atoms with Crippen LogP contribution in [-0.2, 0) is 15.1 Å². The zero-order valence-electron chi connectivity index (χ0n) is 14.6. The molecule has 28 heavy (non-hydrogen) atoms. The van der Waals surface area contributed by atoms with Crippen LogP contribution in [0.25, 0.3) is 0 Å². The number of anilines is 2. The molecule has 1 fully saturated rings. The number of halogens is 2. The molecule has 0 bridgehead atoms. The number of carbonyl (C=O) groups excluding carboxylic acids is 2. The number of para-hydroxylation sites is 2. The Bertz CT molecular complexity index is 1060. The molecule has 0 saturated carbocycles. The fourth-order valence-corrected chi connectivity index (χ4v) is 3.37. The maximum atomic E-state index is 14.4. The second-order valence-electron chi connectivity index (χ2n) is 6.37. The van der Waals surface area contributed by atoms with Crippen molar-refractivity contribution in [1.29, 1.82) is 0 Å². The van der Waals surface area contributed by atoms with Crippen molar-refractivity contribution in [3.63, 3.8) is 0 Å². The summed E-state index contributed by atoms with van der Waals surface area (Å²) in [6.45, 7) is 0. The van der Waals surface area contributed by atoms with Gasteiger partial charge in [-0.3, -0.25) is 19.5 Å². The first kappa shape index (κ1) is 17.8. The van der Waals surface area contributed by atoms with Crippen LogP contribution in [0.4, 0.5) is 20.2 Å². The van der Waals surface area contributed by atoms with Crippen LogP contribution in [0.2, 0.25) is 0 Å². The topological polar surface area (TPSA) is 62.3 Å². The lowest BCUT2D eigenvalue weighted by atomic mass is 9.78. The van der Waals surface area contributed by atoms with Crippen molar-refractivity contribution in [1.82, 2.24) is 4.98 Å². The molecule has 140 valence electrons. The van der Waals surface area contributed by atoms with Gasteiger partial charge in [-0.05, 0) is 36.4 Å². The van der Waals surface area contributed by atoms with Crippen LogP contribution in [0.3, 0.4) is 0 Å². The summed E-state index contributed by atoms with van der Waals surface area (Å²) < 4.78 is 28.5. The van der Waals surface area contributed by atoms with Crippen LogP contribution in [0, 0.1) is 11.6 Å². The highest BCUT2D eigenvalue weighted by Gasteiger charge is 2.60. The highest BCUT2D eigenvalue weighted by Crippen LogP contribution is 2.45. The first-order valence-electron chi connectivity index (χ1n) is 8.59. The number of aromatic nitrogens is 1. The lowest BCUT2D eigenvalue weighted by molar-refractivity contribution is -0.137. The number of hydrogen-bond acceptors (Lipinski definition) is 3. The van der Waals surface area contributed by atoms with E-state index in [1.165, 1.54) is 42.6 Å². The fraction of sp³-hybridized carbons (Fsp3) is 0.0952. The molecule has 3 aromatic rings. The molecule has 5 nitrogen and oxygen atoms in total. The number of hydrogen-bond donors (Lipinski definition) is 1. The molecule has 2 heterocycles. The summed E-state index contributed by atoms with van der Waals surface area (Å²) in [5, 5.41) is 2.52. The number of pyridine rings is 1. The van der Waals surface area contributed by atoms with Gasteiger partial charge >= 0.3 is 0 Å². The van der Waals surface area contributed by atoms with E-state index in [0.717, 1.165) is 4.90 Å². The molecule has 1 saturated heterocycles. The van der Waals surface area contributed by atoms with Crippen molar-refractivity contribution in [2.45, 2.75) is 12.0 Å². The lowest BCUT2D eigenvalue weighted by Crippen LogP contribution is -2.67. The maximum Gasteiger partial charge on any atom is 0.257 e.